The predicted molar refractivity (Wildman–Crippen MR) is 86.5 cm³/mol. The fourth-order valence-electron chi connectivity index (χ4n) is 3.55. The molecule has 1 aromatic rings. The van der Waals surface area contributed by atoms with E-state index in [1.807, 2.05) is 0 Å². The van der Waals surface area contributed by atoms with Crippen LogP contribution in [-0.4, -0.2) is 47.5 Å². The van der Waals surface area contributed by atoms with Crippen LogP contribution in [0, 0.1) is 11.8 Å². The number of carbonyl (C=O) groups excluding carboxylic acids is 4. The summed E-state index contributed by atoms with van der Waals surface area (Å²) in [6, 6.07) is 5.77. The molecule has 3 aliphatic heterocycles. The Kier molecular flexibility index (Phi) is 3.84. The molecule has 0 aromatic heterocycles. The molecule has 0 aliphatic carbocycles. The number of rotatable bonds is 4. The maximum absolute atomic E-state index is 12.5. The smallest absolute Gasteiger partial charge is 0.338 e. The lowest BCUT2D eigenvalue weighted by Crippen LogP contribution is -2.47. The van der Waals surface area contributed by atoms with Crippen LogP contribution in [-0.2, 0) is 19.1 Å². The van der Waals surface area contributed by atoms with Gasteiger partial charge >= 0.3 is 5.97 Å². The minimum Gasteiger partial charge on any atom is -0.462 e. The van der Waals surface area contributed by atoms with Gasteiger partial charge in [0.15, 0.2) is 0 Å². The highest BCUT2D eigenvalue weighted by atomic mass is 16.5. The zero-order valence-electron chi connectivity index (χ0n) is 13.9. The van der Waals surface area contributed by atoms with E-state index in [9.17, 15) is 19.2 Å². The van der Waals surface area contributed by atoms with Crippen molar-refractivity contribution < 1.29 is 28.7 Å². The number of imide groups is 1. The molecule has 4 rings (SSSR count). The van der Waals surface area contributed by atoms with Crippen LogP contribution in [0.1, 0.15) is 27.6 Å². The number of hydrogen-bond acceptors (Lipinski definition) is 6. The Labute approximate surface area is 148 Å². The molecular weight excluding hydrogens is 340 g/mol. The standard InChI is InChI=1S/C18H16N2O6/c1-2-25-18(24)10-5-3-9(4-6-10)15(21)19-20-16(22)13-11-7-8-12(26-11)14(13)17(20)23/h3-8,11-14H,2H2,1H3,(H,19,21)/t11-,12+,13-,14-/m0/s1. The molecule has 3 heterocycles. The van der Waals surface area contributed by atoms with Gasteiger partial charge < -0.3 is 9.47 Å². The molecule has 4 atom stereocenters. The van der Waals surface area contributed by atoms with Crippen molar-refractivity contribution in [2.75, 3.05) is 6.61 Å². The lowest BCUT2D eigenvalue weighted by atomic mass is 9.85. The third kappa shape index (κ3) is 2.41. The molecule has 26 heavy (non-hydrogen) atoms. The van der Waals surface area contributed by atoms with E-state index < -0.39 is 47.7 Å². The van der Waals surface area contributed by atoms with Crippen LogP contribution < -0.4 is 5.43 Å². The Bertz CT molecular complexity index is 801. The third-order valence-electron chi connectivity index (χ3n) is 4.78. The van der Waals surface area contributed by atoms with Crippen LogP contribution in [0.15, 0.2) is 36.4 Å². The van der Waals surface area contributed by atoms with E-state index in [4.69, 9.17) is 9.47 Å². The number of amides is 3. The molecule has 1 N–H and O–H groups in total. The second-order valence-corrected chi connectivity index (χ2v) is 6.25. The number of hydrogen-bond donors (Lipinski definition) is 1. The predicted octanol–water partition coefficient (Wildman–Crippen LogP) is 0.446. The lowest BCUT2D eigenvalue weighted by molar-refractivity contribution is -0.145. The number of nitrogens with zero attached hydrogens (tertiary/aromatic N) is 1. The second kappa shape index (κ2) is 6.06. The summed E-state index contributed by atoms with van der Waals surface area (Å²) in [6.07, 6.45) is 2.73. The Balaban J connectivity index is 1.46. The minimum atomic E-state index is -0.608. The van der Waals surface area contributed by atoms with Crippen LogP contribution in [0.5, 0.6) is 0 Å². The molecule has 0 unspecified atom stereocenters. The Hall–Kier alpha value is -3.00. The average Bonchev–Trinajstić information content (AvgIpc) is 3.32. The molecule has 3 aliphatic rings. The van der Waals surface area contributed by atoms with Crippen molar-refractivity contribution in [2.24, 2.45) is 11.8 Å². The van der Waals surface area contributed by atoms with Gasteiger partial charge in [-0.3, -0.25) is 19.8 Å². The minimum absolute atomic E-state index is 0.216. The summed E-state index contributed by atoms with van der Waals surface area (Å²) in [4.78, 5) is 49.0. The van der Waals surface area contributed by atoms with Crippen molar-refractivity contribution in [3.8, 4) is 0 Å². The van der Waals surface area contributed by atoms with Gasteiger partial charge in [-0.05, 0) is 31.2 Å². The molecule has 3 amide bonds. The van der Waals surface area contributed by atoms with Gasteiger partial charge in [0.05, 0.1) is 36.2 Å². The topological polar surface area (TPSA) is 102 Å². The van der Waals surface area contributed by atoms with E-state index in [1.54, 1.807) is 19.1 Å². The first-order chi connectivity index (χ1) is 12.5. The van der Waals surface area contributed by atoms with Crippen LogP contribution >= 0.6 is 0 Å². The average molecular weight is 356 g/mol. The maximum atomic E-state index is 12.5. The van der Waals surface area contributed by atoms with E-state index in [0.717, 1.165) is 5.01 Å². The van der Waals surface area contributed by atoms with Crippen LogP contribution in [0.4, 0.5) is 0 Å². The number of fused-ring (bicyclic) bond motifs is 5. The maximum Gasteiger partial charge on any atom is 0.338 e. The highest BCUT2D eigenvalue weighted by Gasteiger charge is 2.61. The molecule has 134 valence electrons. The van der Waals surface area contributed by atoms with Gasteiger partial charge in [0.1, 0.15) is 0 Å². The van der Waals surface area contributed by atoms with Crippen molar-refractivity contribution in [1.29, 1.82) is 0 Å². The van der Waals surface area contributed by atoms with Crippen LogP contribution in [0.2, 0.25) is 0 Å². The van der Waals surface area contributed by atoms with Crippen molar-refractivity contribution in [3.05, 3.63) is 47.5 Å². The van der Waals surface area contributed by atoms with Gasteiger partial charge in [-0.25, -0.2) is 4.79 Å². The lowest BCUT2D eigenvalue weighted by Gasteiger charge is -2.18. The monoisotopic (exact) mass is 356 g/mol. The zero-order valence-corrected chi connectivity index (χ0v) is 13.9. The van der Waals surface area contributed by atoms with Gasteiger partial charge in [-0.1, -0.05) is 12.2 Å². The normalized spacial score (nSPS) is 28.4. The Morgan fingerprint density at radius 2 is 1.58 bits per heavy atom. The van der Waals surface area contributed by atoms with E-state index in [-0.39, 0.29) is 12.2 Å². The molecule has 8 nitrogen and oxygen atoms in total. The molecular formula is C18H16N2O6. The summed E-state index contributed by atoms with van der Waals surface area (Å²) >= 11 is 0. The number of hydrazine groups is 1. The fourth-order valence-corrected chi connectivity index (χ4v) is 3.55. The summed E-state index contributed by atoms with van der Waals surface area (Å²) in [6.45, 7) is 1.95. The Morgan fingerprint density at radius 3 is 2.12 bits per heavy atom. The van der Waals surface area contributed by atoms with Gasteiger partial charge in [-0.15, -0.1) is 0 Å². The van der Waals surface area contributed by atoms with E-state index >= 15 is 0 Å². The molecule has 8 heteroatoms. The first kappa shape index (κ1) is 16.5. The second-order valence-electron chi connectivity index (χ2n) is 6.25. The first-order valence-corrected chi connectivity index (χ1v) is 8.31. The van der Waals surface area contributed by atoms with Crippen molar-refractivity contribution in [3.63, 3.8) is 0 Å². The first-order valence-electron chi connectivity index (χ1n) is 8.31. The molecule has 2 fully saturated rings. The number of nitrogens with one attached hydrogen (secondary N) is 1. The third-order valence-corrected chi connectivity index (χ3v) is 4.78. The number of benzene rings is 1. The summed E-state index contributed by atoms with van der Waals surface area (Å²) < 4.78 is 10.4. The van der Waals surface area contributed by atoms with E-state index in [0.29, 0.717) is 5.56 Å². The molecule has 2 bridgehead atoms. The van der Waals surface area contributed by atoms with Gasteiger partial charge in [0, 0.05) is 5.56 Å². The molecule has 2 saturated heterocycles. The molecule has 1 aromatic carbocycles. The van der Waals surface area contributed by atoms with Gasteiger partial charge in [0.25, 0.3) is 17.7 Å². The van der Waals surface area contributed by atoms with Crippen LogP contribution in [0.3, 0.4) is 0 Å². The van der Waals surface area contributed by atoms with E-state index in [2.05, 4.69) is 5.43 Å². The zero-order chi connectivity index (χ0) is 18.4. The molecule has 0 radical (unpaired) electrons. The van der Waals surface area contributed by atoms with Crippen LogP contribution in [0.25, 0.3) is 0 Å². The fraction of sp³-hybridized carbons (Fsp3) is 0.333. The summed E-state index contributed by atoms with van der Waals surface area (Å²) in [5.41, 5.74) is 2.89. The van der Waals surface area contributed by atoms with Crippen molar-refractivity contribution in [1.82, 2.24) is 10.4 Å². The van der Waals surface area contributed by atoms with Crippen molar-refractivity contribution in [2.45, 2.75) is 19.1 Å². The molecule has 0 saturated carbocycles. The SMILES string of the molecule is CCOC(=O)c1ccc(C(=O)NN2C(=O)[C@@H]3[C@@H](C2=O)[C@H]2C=C[C@@H]3O2)cc1. The summed E-state index contributed by atoms with van der Waals surface area (Å²) in [5, 5.41) is 0.784. The Morgan fingerprint density at radius 1 is 1.04 bits per heavy atom. The van der Waals surface area contributed by atoms with E-state index in [1.165, 1.54) is 24.3 Å². The number of ether oxygens (including phenoxy) is 2. The van der Waals surface area contributed by atoms with Gasteiger partial charge in [-0.2, -0.15) is 5.01 Å². The largest absolute Gasteiger partial charge is 0.462 e. The molecule has 0 spiro atoms. The van der Waals surface area contributed by atoms with Gasteiger partial charge in [0.2, 0.25) is 0 Å². The summed E-state index contributed by atoms with van der Waals surface area (Å²) in [5.74, 6) is -3.18. The van der Waals surface area contributed by atoms with Crippen molar-refractivity contribution >= 4 is 23.7 Å². The quantitative estimate of drug-likeness (QED) is 0.477. The highest BCUT2D eigenvalue weighted by molar-refractivity contribution is 6.09. The number of carbonyl (C=O) groups is 4. The summed E-state index contributed by atoms with van der Waals surface area (Å²) in [7, 11) is 0. The highest BCUT2D eigenvalue weighted by Crippen LogP contribution is 2.44. The number of esters is 1.